The van der Waals surface area contributed by atoms with Crippen molar-refractivity contribution in [3.8, 4) is 0 Å². The average Bonchev–Trinajstić information content (AvgIpc) is 2.93. The van der Waals surface area contributed by atoms with Crippen LogP contribution in [0.1, 0.15) is 54.1 Å². The molecule has 0 spiro atoms. The molecular formula is C19H20ClNO4. The van der Waals surface area contributed by atoms with Crippen LogP contribution in [0.15, 0.2) is 34.7 Å². The number of amides is 1. The first-order valence-electron chi connectivity index (χ1n) is 8.12. The van der Waals surface area contributed by atoms with E-state index in [1.807, 2.05) is 45.0 Å². The molecule has 1 atom stereocenters. The molecule has 2 aromatic rings. The highest BCUT2D eigenvalue weighted by atomic mass is 35.5. The van der Waals surface area contributed by atoms with E-state index in [-0.39, 0.29) is 11.0 Å². The fourth-order valence-electron chi connectivity index (χ4n) is 3.07. The molecule has 0 aliphatic carbocycles. The Morgan fingerprint density at radius 1 is 1.32 bits per heavy atom. The quantitative estimate of drug-likeness (QED) is 0.732. The second-order valence-electron chi connectivity index (χ2n) is 7.02. The minimum Gasteiger partial charge on any atom is -0.444 e. The largest absolute Gasteiger partial charge is 0.444 e. The van der Waals surface area contributed by atoms with Gasteiger partial charge in [0.2, 0.25) is 0 Å². The molecule has 132 valence electrons. The van der Waals surface area contributed by atoms with Gasteiger partial charge in [0.25, 0.3) is 0 Å². The van der Waals surface area contributed by atoms with Crippen LogP contribution in [0.5, 0.6) is 0 Å². The van der Waals surface area contributed by atoms with Crippen molar-refractivity contribution >= 4 is 24.0 Å². The maximum absolute atomic E-state index is 12.8. The van der Waals surface area contributed by atoms with Crippen molar-refractivity contribution in [2.24, 2.45) is 0 Å². The lowest BCUT2D eigenvalue weighted by atomic mass is 9.89. The van der Waals surface area contributed by atoms with Crippen molar-refractivity contribution < 1.29 is 18.7 Å². The number of nitrogens with zero attached hydrogens (tertiary/aromatic N) is 1. The Kier molecular flexibility index (Phi) is 4.60. The smallest absolute Gasteiger partial charge is 0.411 e. The van der Waals surface area contributed by atoms with Crippen molar-refractivity contribution in [1.82, 2.24) is 4.90 Å². The third-order valence-electron chi connectivity index (χ3n) is 4.05. The van der Waals surface area contributed by atoms with Gasteiger partial charge in [-0.2, -0.15) is 0 Å². The van der Waals surface area contributed by atoms with Gasteiger partial charge in [0.15, 0.2) is 17.3 Å². The maximum atomic E-state index is 12.8. The van der Waals surface area contributed by atoms with Crippen LogP contribution >= 0.6 is 11.6 Å². The number of ether oxygens (including phenoxy) is 1. The molecule has 1 aliphatic heterocycles. The molecule has 1 aromatic heterocycles. The van der Waals surface area contributed by atoms with Gasteiger partial charge in [-0.1, -0.05) is 24.3 Å². The Morgan fingerprint density at radius 2 is 2.04 bits per heavy atom. The van der Waals surface area contributed by atoms with Gasteiger partial charge in [-0.25, -0.2) is 4.79 Å². The summed E-state index contributed by atoms with van der Waals surface area (Å²) < 4.78 is 10.8. The van der Waals surface area contributed by atoms with Crippen LogP contribution in [0, 0.1) is 0 Å². The molecule has 1 aromatic carbocycles. The number of fused-ring (bicyclic) bond motifs is 1. The summed E-state index contributed by atoms with van der Waals surface area (Å²) in [6.45, 7) is 5.97. The molecule has 0 radical (unpaired) electrons. The minimum absolute atomic E-state index is 0.109. The number of rotatable bonds is 2. The zero-order chi connectivity index (χ0) is 18.2. The van der Waals surface area contributed by atoms with Crippen LogP contribution in [-0.2, 0) is 11.2 Å². The van der Waals surface area contributed by atoms with Gasteiger partial charge in [-0.15, -0.1) is 0 Å². The van der Waals surface area contributed by atoms with Crippen molar-refractivity contribution in [2.75, 3.05) is 6.54 Å². The summed E-state index contributed by atoms with van der Waals surface area (Å²) in [5.74, 6) is 0.132. The first-order valence-corrected chi connectivity index (χ1v) is 8.50. The van der Waals surface area contributed by atoms with Crippen molar-refractivity contribution in [3.63, 3.8) is 0 Å². The van der Waals surface area contributed by atoms with Crippen LogP contribution in [0.2, 0.25) is 5.22 Å². The van der Waals surface area contributed by atoms with Crippen LogP contribution in [0.25, 0.3) is 0 Å². The first-order chi connectivity index (χ1) is 11.8. The molecule has 5 nitrogen and oxygen atoms in total. The maximum Gasteiger partial charge on any atom is 0.411 e. The summed E-state index contributed by atoms with van der Waals surface area (Å²) in [6, 6.07) is 9.00. The van der Waals surface area contributed by atoms with E-state index in [9.17, 15) is 9.59 Å². The molecule has 0 fully saturated rings. The summed E-state index contributed by atoms with van der Waals surface area (Å²) in [5, 5.41) is 0.109. The van der Waals surface area contributed by atoms with E-state index in [1.54, 1.807) is 11.0 Å². The second-order valence-corrected chi connectivity index (χ2v) is 7.36. The van der Waals surface area contributed by atoms with E-state index in [0.29, 0.717) is 18.4 Å². The lowest BCUT2D eigenvalue weighted by Gasteiger charge is -2.37. The molecular weight excluding hydrogens is 342 g/mol. The number of halogens is 1. The summed E-state index contributed by atoms with van der Waals surface area (Å²) in [6.07, 6.45) is 0.904. The molecule has 0 bridgehead atoms. The Labute approximate surface area is 151 Å². The number of benzene rings is 1. The Balaban J connectivity index is 2.07. The molecule has 25 heavy (non-hydrogen) atoms. The molecule has 2 heterocycles. The Bertz CT molecular complexity index is 806. The molecule has 0 saturated carbocycles. The van der Waals surface area contributed by atoms with E-state index in [0.717, 1.165) is 17.5 Å². The predicted octanol–water partition coefficient (Wildman–Crippen LogP) is 4.63. The van der Waals surface area contributed by atoms with Gasteiger partial charge >= 0.3 is 6.09 Å². The molecule has 0 N–H and O–H groups in total. The second kappa shape index (κ2) is 6.56. The van der Waals surface area contributed by atoms with E-state index in [1.165, 1.54) is 0 Å². The van der Waals surface area contributed by atoms with Gasteiger partial charge in [0, 0.05) is 12.1 Å². The zero-order valence-electron chi connectivity index (χ0n) is 14.4. The Hall–Kier alpha value is -2.27. The van der Waals surface area contributed by atoms with E-state index in [4.69, 9.17) is 20.8 Å². The highest BCUT2D eigenvalue weighted by Gasteiger charge is 2.36. The van der Waals surface area contributed by atoms with E-state index < -0.39 is 17.7 Å². The number of furan rings is 1. The number of carbonyl (C=O) groups is 2. The summed E-state index contributed by atoms with van der Waals surface area (Å²) in [5.41, 5.74) is 2.07. The summed E-state index contributed by atoms with van der Waals surface area (Å²) in [4.78, 5) is 25.4. The fourth-order valence-corrected chi connectivity index (χ4v) is 3.31. The van der Waals surface area contributed by atoms with Crippen LogP contribution in [-0.4, -0.2) is 29.4 Å². The molecule has 6 heteroatoms. The van der Waals surface area contributed by atoms with Gasteiger partial charge in [0.1, 0.15) is 5.60 Å². The third kappa shape index (κ3) is 3.56. The zero-order valence-corrected chi connectivity index (χ0v) is 15.2. The lowest BCUT2D eigenvalue weighted by Crippen LogP contribution is -2.43. The average molecular weight is 362 g/mol. The van der Waals surface area contributed by atoms with E-state index >= 15 is 0 Å². The number of aldehydes is 1. The Morgan fingerprint density at radius 3 is 2.68 bits per heavy atom. The van der Waals surface area contributed by atoms with Gasteiger partial charge in [-0.05, 0) is 56.0 Å². The van der Waals surface area contributed by atoms with Gasteiger partial charge in [-0.3, -0.25) is 9.69 Å². The number of carbonyl (C=O) groups excluding carboxylic acids is 2. The summed E-state index contributed by atoms with van der Waals surface area (Å²) >= 11 is 6.22. The van der Waals surface area contributed by atoms with Crippen molar-refractivity contribution in [3.05, 3.63) is 58.0 Å². The molecule has 3 rings (SSSR count). The lowest BCUT2D eigenvalue weighted by molar-refractivity contribution is 0.0178. The SMILES string of the molecule is CC(C)(C)OC(=O)N1CCc2ccccc2C1c1cc(C=O)oc1Cl. The van der Waals surface area contributed by atoms with Crippen LogP contribution in [0.3, 0.4) is 0 Å². The first kappa shape index (κ1) is 17.5. The molecule has 0 saturated heterocycles. The highest BCUT2D eigenvalue weighted by molar-refractivity contribution is 6.29. The number of hydrogen-bond acceptors (Lipinski definition) is 4. The van der Waals surface area contributed by atoms with Crippen molar-refractivity contribution in [2.45, 2.75) is 38.8 Å². The van der Waals surface area contributed by atoms with Crippen LogP contribution < -0.4 is 0 Å². The third-order valence-corrected chi connectivity index (χ3v) is 4.35. The molecule has 1 aliphatic rings. The monoisotopic (exact) mass is 361 g/mol. The standard InChI is InChI=1S/C19H20ClNO4/c1-19(2,3)25-18(23)21-9-8-12-6-4-5-7-14(12)16(21)15-10-13(11-22)24-17(15)20/h4-7,10-11,16H,8-9H2,1-3H3. The highest BCUT2D eigenvalue weighted by Crippen LogP contribution is 2.40. The normalized spacial score (nSPS) is 17.1. The predicted molar refractivity (Wildman–Crippen MR) is 94.0 cm³/mol. The van der Waals surface area contributed by atoms with Crippen LogP contribution in [0.4, 0.5) is 4.79 Å². The fraction of sp³-hybridized carbons (Fsp3) is 0.368. The minimum atomic E-state index is -0.604. The topological polar surface area (TPSA) is 59.8 Å². The number of hydrogen-bond donors (Lipinski definition) is 0. The van der Waals surface area contributed by atoms with Gasteiger partial charge in [0.05, 0.1) is 6.04 Å². The van der Waals surface area contributed by atoms with Crippen molar-refractivity contribution in [1.29, 1.82) is 0 Å². The molecule has 1 unspecified atom stereocenters. The van der Waals surface area contributed by atoms with Gasteiger partial charge < -0.3 is 9.15 Å². The van der Waals surface area contributed by atoms with E-state index in [2.05, 4.69) is 0 Å². The summed E-state index contributed by atoms with van der Waals surface area (Å²) in [7, 11) is 0. The molecule has 1 amide bonds.